The summed E-state index contributed by atoms with van der Waals surface area (Å²) < 4.78 is 0. The van der Waals surface area contributed by atoms with Crippen molar-refractivity contribution in [3.63, 3.8) is 0 Å². The number of hydrogen-bond donors (Lipinski definition) is 3. The summed E-state index contributed by atoms with van der Waals surface area (Å²) in [5, 5.41) is 27.7. The van der Waals surface area contributed by atoms with Gasteiger partial charge in [0.05, 0.1) is 19.3 Å². The SMILES string of the molecule is OCCN(CCO)CC(O)CSCc1ccccc1. The van der Waals surface area contributed by atoms with E-state index in [0.717, 1.165) is 5.75 Å². The van der Waals surface area contributed by atoms with Gasteiger partial charge in [-0.1, -0.05) is 30.3 Å². The number of hydrogen-bond acceptors (Lipinski definition) is 5. The van der Waals surface area contributed by atoms with Crippen LogP contribution in [0.5, 0.6) is 0 Å². The second-order valence-electron chi connectivity index (χ2n) is 4.40. The molecule has 3 N–H and O–H groups in total. The molecule has 0 radical (unpaired) electrons. The normalized spacial score (nSPS) is 12.8. The molecule has 0 saturated heterocycles. The minimum atomic E-state index is -0.438. The predicted octanol–water partition coefficient (Wildman–Crippen LogP) is 0.567. The van der Waals surface area contributed by atoms with Crippen molar-refractivity contribution >= 4 is 11.8 Å². The summed E-state index contributed by atoms with van der Waals surface area (Å²) in [6.07, 6.45) is -0.438. The number of thioether (sulfide) groups is 1. The van der Waals surface area contributed by atoms with Crippen LogP contribution >= 0.6 is 11.8 Å². The van der Waals surface area contributed by atoms with E-state index >= 15 is 0 Å². The van der Waals surface area contributed by atoms with Crippen molar-refractivity contribution in [3.05, 3.63) is 35.9 Å². The summed E-state index contributed by atoms with van der Waals surface area (Å²) in [5.41, 5.74) is 1.25. The Kier molecular flexibility index (Phi) is 8.86. The van der Waals surface area contributed by atoms with Gasteiger partial charge >= 0.3 is 0 Å². The van der Waals surface area contributed by atoms with Crippen LogP contribution in [0.25, 0.3) is 0 Å². The van der Waals surface area contributed by atoms with E-state index in [9.17, 15) is 5.11 Å². The van der Waals surface area contributed by atoms with Crippen LogP contribution in [0, 0.1) is 0 Å². The molecule has 0 amide bonds. The summed E-state index contributed by atoms with van der Waals surface area (Å²) in [7, 11) is 0. The third kappa shape index (κ3) is 7.54. The molecule has 5 heteroatoms. The Morgan fingerprint density at radius 2 is 1.68 bits per heavy atom. The lowest BCUT2D eigenvalue weighted by atomic mass is 10.2. The second kappa shape index (κ2) is 10.2. The Hall–Kier alpha value is -0.590. The van der Waals surface area contributed by atoms with Crippen LogP contribution in [0.3, 0.4) is 0 Å². The molecule has 0 aliphatic carbocycles. The van der Waals surface area contributed by atoms with E-state index in [4.69, 9.17) is 10.2 Å². The third-order valence-electron chi connectivity index (χ3n) is 2.72. The fourth-order valence-electron chi connectivity index (χ4n) is 1.82. The van der Waals surface area contributed by atoms with Gasteiger partial charge in [-0.15, -0.1) is 0 Å². The number of rotatable bonds is 10. The lowest BCUT2D eigenvalue weighted by Gasteiger charge is -2.23. The molecule has 1 aromatic rings. The molecule has 0 aliphatic rings. The average molecular weight is 285 g/mol. The first-order chi connectivity index (χ1) is 9.26. The Labute approximate surface area is 119 Å². The molecule has 1 atom stereocenters. The molecule has 1 unspecified atom stereocenters. The van der Waals surface area contributed by atoms with Gasteiger partial charge in [0.15, 0.2) is 0 Å². The van der Waals surface area contributed by atoms with Gasteiger partial charge in [-0.3, -0.25) is 4.90 Å². The van der Waals surface area contributed by atoms with Gasteiger partial charge < -0.3 is 15.3 Å². The second-order valence-corrected chi connectivity index (χ2v) is 5.43. The molecule has 19 heavy (non-hydrogen) atoms. The Morgan fingerprint density at radius 1 is 1.05 bits per heavy atom. The molecule has 1 aromatic carbocycles. The monoisotopic (exact) mass is 285 g/mol. The zero-order valence-electron chi connectivity index (χ0n) is 11.1. The number of aliphatic hydroxyl groups excluding tert-OH is 3. The molecule has 0 aromatic heterocycles. The zero-order valence-corrected chi connectivity index (χ0v) is 11.9. The van der Waals surface area contributed by atoms with Crippen LogP contribution in [0.15, 0.2) is 30.3 Å². The highest BCUT2D eigenvalue weighted by Crippen LogP contribution is 2.13. The first-order valence-corrected chi connectivity index (χ1v) is 7.65. The van der Waals surface area contributed by atoms with E-state index in [0.29, 0.717) is 25.4 Å². The van der Waals surface area contributed by atoms with Gasteiger partial charge in [-0.25, -0.2) is 0 Å². The maximum absolute atomic E-state index is 9.93. The third-order valence-corrected chi connectivity index (χ3v) is 3.88. The molecule has 1 rings (SSSR count). The van der Waals surface area contributed by atoms with Crippen LogP contribution < -0.4 is 0 Å². The average Bonchev–Trinajstić information content (AvgIpc) is 2.40. The minimum Gasteiger partial charge on any atom is -0.395 e. The quantitative estimate of drug-likeness (QED) is 0.586. The number of benzene rings is 1. The molecular formula is C14H23NO3S. The van der Waals surface area contributed by atoms with Crippen LogP contribution in [0.2, 0.25) is 0 Å². The summed E-state index contributed by atoms with van der Waals surface area (Å²) in [4.78, 5) is 1.87. The smallest absolute Gasteiger partial charge is 0.0757 e. The Morgan fingerprint density at radius 3 is 2.26 bits per heavy atom. The van der Waals surface area contributed by atoms with Crippen molar-refractivity contribution in [1.29, 1.82) is 0 Å². The summed E-state index contributed by atoms with van der Waals surface area (Å²) in [6.45, 7) is 1.55. The molecule has 108 valence electrons. The van der Waals surface area contributed by atoms with Crippen LogP contribution in [0.4, 0.5) is 0 Å². The molecule has 0 saturated carbocycles. The van der Waals surface area contributed by atoms with Crippen molar-refractivity contribution < 1.29 is 15.3 Å². The first kappa shape index (κ1) is 16.5. The topological polar surface area (TPSA) is 63.9 Å². The van der Waals surface area contributed by atoms with Crippen molar-refractivity contribution in [1.82, 2.24) is 4.90 Å². The van der Waals surface area contributed by atoms with E-state index in [1.165, 1.54) is 5.56 Å². The molecule has 0 spiro atoms. The summed E-state index contributed by atoms with van der Waals surface area (Å²) in [5.74, 6) is 1.54. The predicted molar refractivity (Wildman–Crippen MR) is 79.2 cm³/mol. The lowest BCUT2D eigenvalue weighted by molar-refractivity contribution is 0.0994. The van der Waals surface area contributed by atoms with Crippen molar-refractivity contribution in [3.8, 4) is 0 Å². The molecule has 0 fully saturated rings. The minimum absolute atomic E-state index is 0.0455. The van der Waals surface area contributed by atoms with Crippen molar-refractivity contribution in [2.45, 2.75) is 11.9 Å². The fourth-order valence-corrected chi connectivity index (χ4v) is 2.74. The van der Waals surface area contributed by atoms with Gasteiger partial charge in [-0.05, 0) is 5.56 Å². The summed E-state index contributed by atoms with van der Waals surface area (Å²) >= 11 is 1.69. The van der Waals surface area contributed by atoms with Gasteiger partial charge in [0.1, 0.15) is 0 Å². The van der Waals surface area contributed by atoms with E-state index < -0.39 is 6.10 Å². The van der Waals surface area contributed by atoms with E-state index in [-0.39, 0.29) is 13.2 Å². The Bertz CT molecular complexity index is 318. The van der Waals surface area contributed by atoms with Crippen LogP contribution in [-0.4, -0.2) is 64.9 Å². The summed E-state index contributed by atoms with van der Waals surface area (Å²) in [6, 6.07) is 10.2. The van der Waals surface area contributed by atoms with E-state index in [1.807, 2.05) is 23.1 Å². The largest absolute Gasteiger partial charge is 0.395 e. The van der Waals surface area contributed by atoms with Gasteiger partial charge in [0, 0.05) is 31.1 Å². The highest BCUT2D eigenvalue weighted by Gasteiger charge is 2.11. The Balaban J connectivity index is 2.20. The van der Waals surface area contributed by atoms with Crippen LogP contribution in [-0.2, 0) is 5.75 Å². The molecule has 0 bridgehead atoms. The van der Waals surface area contributed by atoms with Crippen LogP contribution in [0.1, 0.15) is 5.56 Å². The highest BCUT2D eigenvalue weighted by atomic mass is 32.2. The lowest BCUT2D eigenvalue weighted by Crippen LogP contribution is -2.37. The van der Waals surface area contributed by atoms with Crippen molar-refractivity contribution in [2.75, 3.05) is 38.6 Å². The van der Waals surface area contributed by atoms with Gasteiger partial charge in [-0.2, -0.15) is 11.8 Å². The van der Waals surface area contributed by atoms with Crippen molar-refractivity contribution in [2.24, 2.45) is 0 Å². The van der Waals surface area contributed by atoms with Gasteiger partial charge in [0.2, 0.25) is 0 Å². The zero-order chi connectivity index (χ0) is 13.9. The van der Waals surface area contributed by atoms with E-state index in [2.05, 4.69) is 12.1 Å². The molecule has 0 aliphatic heterocycles. The number of nitrogens with zero attached hydrogens (tertiary/aromatic N) is 1. The number of aliphatic hydroxyl groups is 3. The first-order valence-electron chi connectivity index (χ1n) is 6.50. The maximum Gasteiger partial charge on any atom is 0.0757 e. The van der Waals surface area contributed by atoms with Gasteiger partial charge in [0.25, 0.3) is 0 Å². The molecule has 4 nitrogen and oxygen atoms in total. The molecule has 0 heterocycles. The fraction of sp³-hybridized carbons (Fsp3) is 0.571. The van der Waals surface area contributed by atoms with E-state index in [1.54, 1.807) is 11.8 Å². The maximum atomic E-state index is 9.93. The standard InChI is InChI=1S/C14H23NO3S/c16-8-6-15(7-9-17)10-14(18)12-19-11-13-4-2-1-3-5-13/h1-5,14,16-18H,6-12H2. The highest BCUT2D eigenvalue weighted by molar-refractivity contribution is 7.98. The molecular weight excluding hydrogens is 262 g/mol.